The second-order valence-corrected chi connectivity index (χ2v) is 7.81. The molecule has 2 aromatic rings. The van der Waals surface area contributed by atoms with Crippen LogP contribution >= 0.6 is 0 Å². The van der Waals surface area contributed by atoms with Gasteiger partial charge in [0.15, 0.2) is 9.84 Å². The average Bonchev–Trinajstić information content (AvgIpc) is 2.89. The molecule has 0 saturated heterocycles. The molecule has 2 atom stereocenters. The van der Waals surface area contributed by atoms with Crippen molar-refractivity contribution in [2.75, 3.05) is 6.26 Å². The van der Waals surface area contributed by atoms with E-state index in [1.54, 1.807) is 12.5 Å². The molecule has 2 unspecified atom stereocenters. The van der Waals surface area contributed by atoms with Crippen LogP contribution in [0.5, 0.6) is 0 Å². The molecule has 106 valence electrons. The summed E-state index contributed by atoms with van der Waals surface area (Å²) in [5.74, 6) is 0.332. The molecule has 0 aliphatic heterocycles. The van der Waals surface area contributed by atoms with Crippen molar-refractivity contribution in [2.24, 2.45) is 5.92 Å². The van der Waals surface area contributed by atoms with Crippen LogP contribution in [-0.2, 0) is 22.8 Å². The van der Waals surface area contributed by atoms with Gasteiger partial charge in [0.05, 0.1) is 11.6 Å². The van der Waals surface area contributed by atoms with E-state index in [4.69, 9.17) is 0 Å². The van der Waals surface area contributed by atoms with Crippen molar-refractivity contribution in [3.05, 3.63) is 54.1 Å². The predicted octanol–water partition coefficient (Wildman–Crippen LogP) is 2.23. The van der Waals surface area contributed by atoms with Crippen molar-refractivity contribution in [2.45, 2.75) is 24.6 Å². The van der Waals surface area contributed by atoms with Gasteiger partial charge in [-0.1, -0.05) is 24.3 Å². The topological polar surface area (TPSA) is 52.0 Å². The molecule has 0 saturated carbocycles. The lowest BCUT2D eigenvalue weighted by Crippen LogP contribution is -2.26. The Bertz CT molecular complexity index is 692. The summed E-state index contributed by atoms with van der Waals surface area (Å²) in [7, 11) is -3.08. The van der Waals surface area contributed by atoms with Crippen molar-refractivity contribution >= 4 is 9.84 Å². The normalized spacial score (nSPS) is 22.4. The van der Waals surface area contributed by atoms with Crippen molar-refractivity contribution in [3.8, 4) is 0 Å². The van der Waals surface area contributed by atoms with Gasteiger partial charge in [-0.2, -0.15) is 0 Å². The Labute approximate surface area is 119 Å². The maximum absolute atomic E-state index is 12.1. The van der Waals surface area contributed by atoms with E-state index in [2.05, 4.69) is 4.98 Å². The van der Waals surface area contributed by atoms with E-state index >= 15 is 0 Å². The second kappa shape index (κ2) is 5.05. The molecule has 1 aliphatic rings. The van der Waals surface area contributed by atoms with E-state index < -0.39 is 9.84 Å². The van der Waals surface area contributed by atoms with Crippen molar-refractivity contribution in [1.82, 2.24) is 9.55 Å². The summed E-state index contributed by atoms with van der Waals surface area (Å²) >= 11 is 0. The number of hydrogen-bond donors (Lipinski definition) is 0. The van der Waals surface area contributed by atoms with Crippen LogP contribution < -0.4 is 0 Å². The zero-order chi connectivity index (χ0) is 14.2. The smallest absolute Gasteiger partial charge is 0.154 e. The standard InChI is InChI=1S/C15H18N2O2S/c1-20(18,19)15-9-12(10-17-7-6-16-11-17)8-13-4-2-3-5-14(13)15/h2-7,11-12,15H,8-10H2,1H3. The Kier molecular flexibility index (Phi) is 3.38. The van der Waals surface area contributed by atoms with Gasteiger partial charge in [0.25, 0.3) is 0 Å². The lowest BCUT2D eigenvalue weighted by molar-refractivity contribution is 0.384. The van der Waals surface area contributed by atoms with E-state index in [-0.39, 0.29) is 5.25 Å². The van der Waals surface area contributed by atoms with Crippen LogP contribution in [-0.4, -0.2) is 24.2 Å². The maximum Gasteiger partial charge on any atom is 0.154 e. The van der Waals surface area contributed by atoms with Gasteiger partial charge in [-0.05, 0) is 29.9 Å². The number of rotatable bonds is 3. The quantitative estimate of drug-likeness (QED) is 0.871. The zero-order valence-electron chi connectivity index (χ0n) is 11.4. The first-order valence-electron chi connectivity index (χ1n) is 6.76. The Hall–Kier alpha value is -1.62. The van der Waals surface area contributed by atoms with E-state index in [0.717, 1.165) is 18.5 Å². The van der Waals surface area contributed by atoms with Gasteiger partial charge in [0, 0.05) is 25.2 Å². The third-order valence-corrected chi connectivity index (χ3v) is 5.48. The van der Waals surface area contributed by atoms with Crippen LogP contribution in [0.25, 0.3) is 0 Å². The fourth-order valence-corrected chi connectivity index (χ4v) is 4.41. The van der Waals surface area contributed by atoms with Crippen LogP contribution in [0.2, 0.25) is 0 Å². The first-order valence-corrected chi connectivity index (χ1v) is 8.72. The Morgan fingerprint density at radius 1 is 1.35 bits per heavy atom. The molecule has 0 bridgehead atoms. The van der Waals surface area contributed by atoms with Crippen molar-refractivity contribution in [3.63, 3.8) is 0 Å². The van der Waals surface area contributed by atoms with Crippen molar-refractivity contribution < 1.29 is 8.42 Å². The third kappa shape index (κ3) is 2.63. The van der Waals surface area contributed by atoms with Gasteiger partial charge in [-0.3, -0.25) is 0 Å². The molecule has 1 aromatic heterocycles. The van der Waals surface area contributed by atoms with Gasteiger partial charge < -0.3 is 4.57 Å². The highest BCUT2D eigenvalue weighted by molar-refractivity contribution is 7.90. The third-order valence-electron chi connectivity index (χ3n) is 4.00. The molecule has 3 rings (SSSR count). The van der Waals surface area contributed by atoms with E-state index in [1.807, 2.05) is 35.0 Å². The molecular weight excluding hydrogens is 272 g/mol. The summed E-state index contributed by atoms with van der Waals surface area (Å²) in [6.07, 6.45) is 8.43. The summed E-state index contributed by atoms with van der Waals surface area (Å²) in [6.45, 7) is 0.820. The van der Waals surface area contributed by atoms with E-state index in [9.17, 15) is 8.42 Å². The first-order chi connectivity index (χ1) is 9.54. The van der Waals surface area contributed by atoms with Crippen LogP contribution in [0.15, 0.2) is 43.0 Å². The average molecular weight is 290 g/mol. The van der Waals surface area contributed by atoms with Crippen molar-refractivity contribution in [1.29, 1.82) is 0 Å². The highest BCUT2D eigenvalue weighted by Crippen LogP contribution is 2.38. The Balaban J connectivity index is 1.92. The van der Waals surface area contributed by atoms with E-state index in [0.29, 0.717) is 12.3 Å². The molecule has 4 nitrogen and oxygen atoms in total. The molecule has 0 N–H and O–H groups in total. The van der Waals surface area contributed by atoms with Gasteiger partial charge >= 0.3 is 0 Å². The monoisotopic (exact) mass is 290 g/mol. The number of hydrogen-bond acceptors (Lipinski definition) is 3. The molecular formula is C15H18N2O2S. The number of benzene rings is 1. The maximum atomic E-state index is 12.1. The summed E-state index contributed by atoms with van der Waals surface area (Å²) in [5.41, 5.74) is 2.15. The molecule has 0 radical (unpaired) electrons. The number of imidazole rings is 1. The van der Waals surface area contributed by atoms with E-state index in [1.165, 1.54) is 11.8 Å². The largest absolute Gasteiger partial charge is 0.337 e. The van der Waals surface area contributed by atoms with Gasteiger partial charge in [-0.15, -0.1) is 0 Å². The lowest BCUT2D eigenvalue weighted by Gasteiger charge is -2.30. The minimum atomic E-state index is -3.08. The zero-order valence-corrected chi connectivity index (χ0v) is 12.3. The highest BCUT2D eigenvalue weighted by atomic mass is 32.2. The molecule has 5 heteroatoms. The minimum Gasteiger partial charge on any atom is -0.337 e. The molecule has 0 amide bonds. The van der Waals surface area contributed by atoms with Crippen LogP contribution in [0, 0.1) is 5.92 Å². The van der Waals surface area contributed by atoms with Gasteiger partial charge in [-0.25, -0.2) is 13.4 Å². The fourth-order valence-electron chi connectivity index (χ4n) is 3.10. The number of sulfone groups is 1. The fraction of sp³-hybridized carbons (Fsp3) is 0.400. The summed E-state index contributed by atoms with van der Waals surface area (Å²) in [5, 5.41) is -0.374. The molecule has 0 spiro atoms. The molecule has 1 aromatic carbocycles. The molecule has 1 heterocycles. The Morgan fingerprint density at radius 3 is 2.85 bits per heavy atom. The van der Waals surface area contributed by atoms with Crippen LogP contribution in [0.3, 0.4) is 0 Å². The molecule has 1 aliphatic carbocycles. The molecule has 0 fully saturated rings. The first kappa shape index (κ1) is 13.4. The minimum absolute atomic E-state index is 0.332. The second-order valence-electron chi connectivity index (χ2n) is 5.58. The summed E-state index contributed by atoms with van der Waals surface area (Å²) in [6, 6.07) is 7.91. The number of fused-ring (bicyclic) bond motifs is 1. The van der Waals surface area contributed by atoms with Gasteiger partial charge in [0.2, 0.25) is 0 Å². The Morgan fingerprint density at radius 2 is 2.15 bits per heavy atom. The molecule has 20 heavy (non-hydrogen) atoms. The van der Waals surface area contributed by atoms with Crippen LogP contribution in [0.4, 0.5) is 0 Å². The number of aromatic nitrogens is 2. The van der Waals surface area contributed by atoms with Crippen LogP contribution in [0.1, 0.15) is 22.8 Å². The summed E-state index contributed by atoms with van der Waals surface area (Å²) < 4.78 is 26.2. The lowest BCUT2D eigenvalue weighted by atomic mass is 9.83. The summed E-state index contributed by atoms with van der Waals surface area (Å²) in [4.78, 5) is 4.04. The van der Waals surface area contributed by atoms with Gasteiger partial charge in [0.1, 0.15) is 0 Å². The number of nitrogens with zero attached hydrogens (tertiary/aromatic N) is 2. The SMILES string of the molecule is CS(=O)(=O)C1CC(Cn2ccnc2)Cc2ccccc21. The highest BCUT2D eigenvalue weighted by Gasteiger charge is 2.33. The predicted molar refractivity (Wildman–Crippen MR) is 78.1 cm³/mol.